The largest absolute Gasteiger partial charge is 0.334 e. The number of nitrogens with zero attached hydrogens (tertiary/aromatic N) is 5. The van der Waals surface area contributed by atoms with Crippen molar-refractivity contribution in [2.75, 3.05) is 6.54 Å². The molecule has 1 aliphatic rings. The SMILES string of the molecule is Cc1nn(-c2ccccc2)c(C)c1CC(=O)N1CCCC[C@@H]1c1ccn(C)n1. The summed E-state index contributed by atoms with van der Waals surface area (Å²) >= 11 is 0. The molecule has 3 aromatic rings. The Kier molecular flexibility index (Phi) is 5.03. The summed E-state index contributed by atoms with van der Waals surface area (Å²) in [5.74, 6) is 0.161. The number of hydrogen-bond donors (Lipinski definition) is 0. The molecule has 2 aromatic heterocycles. The summed E-state index contributed by atoms with van der Waals surface area (Å²) in [6, 6.07) is 12.2. The quantitative estimate of drug-likeness (QED) is 0.699. The van der Waals surface area contributed by atoms with Crippen molar-refractivity contribution in [2.45, 2.75) is 45.6 Å². The van der Waals surface area contributed by atoms with Crippen molar-refractivity contribution in [1.82, 2.24) is 24.5 Å². The molecule has 0 bridgehead atoms. The molecule has 0 N–H and O–H groups in total. The molecular formula is C22H27N5O. The lowest BCUT2D eigenvalue weighted by molar-refractivity contribution is -0.134. The number of benzene rings is 1. The fraction of sp³-hybridized carbons (Fsp3) is 0.409. The predicted octanol–water partition coefficient (Wildman–Crippen LogP) is 3.52. The van der Waals surface area contributed by atoms with Crippen LogP contribution in [-0.2, 0) is 18.3 Å². The second-order valence-corrected chi connectivity index (χ2v) is 7.59. The number of carbonyl (C=O) groups is 1. The molecule has 6 nitrogen and oxygen atoms in total. The van der Waals surface area contributed by atoms with E-state index >= 15 is 0 Å². The molecule has 1 atom stereocenters. The van der Waals surface area contributed by atoms with Crippen LogP contribution in [0.3, 0.4) is 0 Å². The zero-order valence-electron chi connectivity index (χ0n) is 16.8. The Hall–Kier alpha value is -2.89. The summed E-state index contributed by atoms with van der Waals surface area (Å²) < 4.78 is 3.75. The maximum atomic E-state index is 13.3. The van der Waals surface area contributed by atoms with Crippen molar-refractivity contribution in [1.29, 1.82) is 0 Å². The first-order valence-corrected chi connectivity index (χ1v) is 9.94. The van der Waals surface area contributed by atoms with Gasteiger partial charge in [0.25, 0.3) is 0 Å². The first-order chi connectivity index (χ1) is 13.5. The fourth-order valence-electron chi connectivity index (χ4n) is 4.15. The highest BCUT2D eigenvalue weighted by atomic mass is 16.2. The Bertz CT molecular complexity index is 972. The molecule has 3 heterocycles. The second-order valence-electron chi connectivity index (χ2n) is 7.59. The van der Waals surface area contributed by atoms with E-state index < -0.39 is 0 Å². The summed E-state index contributed by atoms with van der Waals surface area (Å²) in [4.78, 5) is 15.3. The summed E-state index contributed by atoms with van der Waals surface area (Å²) in [5, 5.41) is 9.25. The Balaban J connectivity index is 1.58. The third kappa shape index (κ3) is 3.46. The number of rotatable bonds is 4. The monoisotopic (exact) mass is 377 g/mol. The lowest BCUT2D eigenvalue weighted by Crippen LogP contribution is -2.39. The molecule has 1 fully saturated rings. The van der Waals surface area contributed by atoms with Gasteiger partial charge in [-0.2, -0.15) is 10.2 Å². The van der Waals surface area contributed by atoms with Crippen molar-refractivity contribution < 1.29 is 4.79 Å². The molecule has 1 amide bonds. The highest BCUT2D eigenvalue weighted by molar-refractivity contribution is 5.80. The Morgan fingerprint density at radius 1 is 1.11 bits per heavy atom. The molecule has 0 radical (unpaired) electrons. The van der Waals surface area contributed by atoms with Crippen LogP contribution in [0.2, 0.25) is 0 Å². The van der Waals surface area contributed by atoms with Gasteiger partial charge in [0.15, 0.2) is 0 Å². The van der Waals surface area contributed by atoms with Crippen LogP contribution >= 0.6 is 0 Å². The molecule has 0 spiro atoms. The lowest BCUT2D eigenvalue weighted by atomic mass is 9.98. The molecule has 1 saturated heterocycles. The molecule has 1 aliphatic heterocycles. The summed E-state index contributed by atoms with van der Waals surface area (Å²) in [7, 11) is 1.92. The second kappa shape index (κ2) is 7.62. The van der Waals surface area contributed by atoms with E-state index in [0.717, 1.165) is 54.1 Å². The molecule has 146 valence electrons. The van der Waals surface area contributed by atoms with Crippen molar-refractivity contribution >= 4 is 5.91 Å². The van der Waals surface area contributed by atoms with Crippen molar-refractivity contribution in [3.8, 4) is 5.69 Å². The van der Waals surface area contributed by atoms with Crippen LogP contribution in [0, 0.1) is 13.8 Å². The molecule has 4 rings (SSSR count). The van der Waals surface area contributed by atoms with Crippen LogP contribution in [0.4, 0.5) is 0 Å². The zero-order chi connectivity index (χ0) is 19.7. The van der Waals surface area contributed by atoms with Crippen LogP contribution in [0.5, 0.6) is 0 Å². The van der Waals surface area contributed by atoms with Gasteiger partial charge in [0.05, 0.1) is 29.5 Å². The number of aromatic nitrogens is 4. The number of para-hydroxylation sites is 1. The van der Waals surface area contributed by atoms with Crippen LogP contribution in [-0.4, -0.2) is 36.9 Å². The molecule has 6 heteroatoms. The van der Waals surface area contributed by atoms with Crippen molar-refractivity contribution in [3.05, 3.63) is 65.2 Å². The maximum absolute atomic E-state index is 13.3. The zero-order valence-corrected chi connectivity index (χ0v) is 16.8. The number of carbonyl (C=O) groups excluding carboxylic acids is 1. The molecule has 1 aromatic carbocycles. The first kappa shape index (κ1) is 18.5. The van der Waals surface area contributed by atoms with Gasteiger partial charge in [0, 0.05) is 31.0 Å². The summed E-state index contributed by atoms with van der Waals surface area (Å²) in [6.45, 7) is 4.83. The number of likely N-dealkylation sites (tertiary alicyclic amines) is 1. The molecule has 0 unspecified atom stereocenters. The van der Waals surface area contributed by atoms with Gasteiger partial charge in [-0.1, -0.05) is 18.2 Å². The number of hydrogen-bond acceptors (Lipinski definition) is 3. The standard InChI is InChI=1S/C22H27N5O/c1-16-19(17(2)27(23-16)18-9-5-4-6-10-18)15-22(28)26-13-8-7-11-21(26)20-12-14-25(3)24-20/h4-6,9-10,12,14,21H,7-8,11,13,15H2,1-3H3/t21-/m1/s1. The van der Waals surface area contributed by atoms with Gasteiger partial charge in [-0.05, 0) is 51.3 Å². The molecule has 0 saturated carbocycles. The van der Waals surface area contributed by atoms with Gasteiger partial charge in [-0.3, -0.25) is 9.48 Å². The lowest BCUT2D eigenvalue weighted by Gasteiger charge is -2.35. The normalized spacial score (nSPS) is 17.1. The van der Waals surface area contributed by atoms with Crippen LogP contribution in [0.1, 0.15) is 47.9 Å². The molecule has 0 aliphatic carbocycles. The van der Waals surface area contributed by atoms with Crippen LogP contribution < -0.4 is 0 Å². The van der Waals surface area contributed by atoms with E-state index in [-0.39, 0.29) is 11.9 Å². The predicted molar refractivity (Wildman–Crippen MR) is 108 cm³/mol. The number of amides is 1. The fourth-order valence-corrected chi connectivity index (χ4v) is 4.15. The first-order valence-electron chi connectivity index (χ1n) is 9.94. The van der Waals surface area contributed by atoms with Crippen LogP contribution in [0.25, 0.3) is 5.69 Å². The minimum absolute atomic E-state index is 0.0761. The summed E-state index contributed by atoms with van der Waals surface area (Å²) in [5.41, 5.74) is 4.99. The topological polar surface area (TPSA) is 56.0 Å². The van der Waals surface area contributed by atoms with Gasteiger partial charge >= 0.3 is 0 Å². The average molecular weight is 377 g/mol. The number of piperidine rings is 1. The minimum atomic E-state index is 0.0761. The van der Waals surface area contributed by atoms with E-state index in [1.807, 2.05) is 77.8 Å². The summed E-state index contributed by atoms with van der Waals surface area (Å²) in [6.07, 6.45) is 5.49. The van der Waals surface area contributed by atoms with Crippen LogP contribution in [0.15, 0.2) is 42.6 Å². The van der Waals surface area contributed by atoms with Gasteiger partial charge in [-0.15, -0.1) is 0 Å². The van der Waals surface area contributed by atoms with Gasteiger partial charge in [0.1, 0.15) is 0 Å². The highest BCUT2D eigenvalue weighted by Crippen LogP contribution is 2.31. The molecular weight excluding hydrogens is 350 g/mol. The maximum Gasteiger partial charge on any atom is 0.227 e. The van der Waals surface area contributed by atoms with Gasteiger partial charge in [-0.25, -0.2) is 4.68 Å². The Morgan fingerprint density at radius 3 is 2.61 bits per heavy atom. The third-order valence-electron chi connectivity index (χ3n) is 5.67. The minimum Gasteiger partial charge on any atom is -0.334 e. The Labute approximate surface area is 165 Å². The average Bonchev–Trinajstić information content (AvgIpc) is 3.27. The van der Waals surface area contributed by atoms with Crippen molar-refractivity contribution in [2.24, 2.45) is 7.05 Å². The van der Waals surface area contributed by atoms with E-state index in [1.54, 1.807) is 0 Å². The van der Waals surface area contributed by atoms with E-state index in [9.17, 15) is 4.79 Å². The van der Waals surface area contributed by atoms with E-state index in [4.69, 9.17) is 0 Å². The number of aryl methyl sites for hydroxylation is 2. The van der Waals surface area contributed by atoms with Crippen molar-refractivity contribution in [3.63, 3.8) is 0 Å². The van der Waals surface area contributed by atoms with E-state index in [1.165, 1.54) is 0 Å². The van der Waals surface area contributed by atoms with Gasteiger partial charge < -0.3 is 4.90 Å². The molecule has 28 heavy (non-hydrogen) atoms. The Morgan fingerprint density at radius 2 is 1.89 bits per heavy atom. The highest BCUT2D eigenvalue weighted by Gasteiger charge is 2.30. The third-order valence-corrected chi connectivity index (χ3v) is 5.67. The van der Waals surface area contributed by atoms with E-state index in [0.29, 0.717) is 6.42 Å². The van der Waals surface area contributed by atoms with Gasteiger partial charge in [0.2, 0.25) is 5.91 Å². The smallest absolute Gasteiger partial charge is 0.227 e. The van der Waals surface area contributed by atoms with E-state index in [2.05, 4.69) is 10.2 Å².